The van der Waals surface area contributed by atoms with Crippen molar-refractivity contribution in [3.05, 3.63) is 0 Å². The lowest BCUT2D eigenvalue weighted by molar-refractivity contribution is -0.147. The second-order valence-corrected chi connectivity index (χ2v) is 4.71. The van der Waals surface area contributed by atoms with Gasteiger partial charge in [-0.05, 0) is 25.8 Å². The minimum absolute atomic E-state index is 0.153. The van der Waals surface area contributed by atoms with Crippen LogP contribution in [0.5, 0.6) is 0 Å². The third kappa shape index (κ3) is 2.16. The fourth-order valence-corrected chi connectivity index (χ4v) is 3.10. The molecule has 3 atom stereocenters. The molecule has 0 aromatic heterocycles. The largest absolute Gasteiger partial charge is 0.469 e. The van der Waals surface area contributed by atoms with Crippen molar-refractivity contribution in [1.29, 1.82) is 0 Å². The maximum Gasteiger partial charge on any atom is 0.323 e. The monoisotopic (exact) mass is 241 g/mol. The number of hydrogen-bond acceptors (Lipinski definition) is 5. The second-order valence-electron chi connectivity index (χ2n) is 4.71. The SMILES string of the molecule is COC(=O)[C@H]1C[C@@H](C(=O)OC)N2CCCC[C@@H]12. The predicted molar refractivity (Wildman–Crippen MR) is 60.3 cm³/mol. The van der Waals surface area contributed by atoms with Gasteiger partial charge >= 0.3 is 11.9 Å². The van der Waals surface area contributed by atoms with Gasteiger partial charge in [0.15, 0.2) is 0 Å². The summed E-state index contributed by atoms with van der Waals surface area (Å²) in [5.74, 6) is -0.610. The fraction of sp³-hybridized carbons (Fsp3) is 0.833. The Kier molecular flexibility index (Phi) is 3.66. The molecule has 2 aliphatic heterocycles. The molecule has 0 saturated carbocycles. The van der Waals surface area contributed by atoms with Crippen LogP contribution in [0.15, 0.2) is 0 Å². The molecule has 0 spiro atoms. The quantitative estimate of drug-likeness (QED) is 0.662. The van der Waals surface area contributed by atoms with E-state index in [1.54, 1.807) is 0 Å². The fourth-order valence-electron chi connectivity index (χ4n) is 3.10. The summed E-state index contributed by atoms with van der Waals surface area (Å²) in [6.45, 7) is 0.873. The number of esters is 2. The average molecular weight is 241 g/mol. The summed E-state index contributed by atoms with van der Waals surface area (Å²) in [5.41, 5.74) is 0. The van der Waals surface area contributed by atoms with Gasteiger partial charge in [-0.15, -0.1) is 0 Å². The number of rotatable bonds is 2. The summed E-state index contributed by atoms with van der Waals surface area (Å²) in [7, 11) is 2.80. The van der Waals surface area contributed by atoms with E-state index in [-0.39, 0.29) is 29.9 Å². The maximum atomic E-state index is 11.7. The van der Waals surface area contributed by atoms with Crippen molar-refractivity contribution in [3.8, 4) is 0 Å². The van der Waals surface area contributed by atoms with Crippen molar-refractivity contribution in [2.24, 2.45) is 5.92 Å². The van der Waals surface area contributed by atoms with Gasteiger partial charge in [0.25, 0.3) is 0 Å². The highest BCUT2D eigenvalue weighted by Gasteiger charge is 2.48. The highest BCUT2D eigenvalue weighted by Crippen LogP contribution is 2.37. The van der Waals surface area contributed by atoms with Gasteiger partial charge in [0.05, 0.1) is 20.1 Å². The molecule has 17 heavy (non-hydrogen) atoms. The molecule has 0 N–H and O–H groups in total. The molecular weight excluding hydrogens is 222 g/mol. The van der Waals surface area contributed by atoms with E-state index in [0.717, 1.165) is 25.8 Å². The van der Waals surface area contributed by atoms with Crippen LogP contribution in [0.4, 0.5) is 0 Å². The van der Waals surface area contributed by atoms with E-state index in [1.807, 2.05) is 0 Å². The van der Waals surface area contributed by atoms with Gasteiger partial charge in [-0.3, -0.25) is 14.5 Å². The van der Waals surface area contributed by atoms with E-state index in [4.69, 9.17) is 9.47 Å². The molecule has 96 valence electrons. The molecule has 2 heterocycles. The Morgan fingerprint density at radius 2 is 1.82 bits per heavy atom. The van der Waals surface area contributed by atoms with E-state index < -0.39 is 0 Å². The van der Waals surface area contributed by atoms with Crippen molar-refractivity contribution in [1.82, 2.24) is 4.90 Å². The van der Waals surface area contributed by atoms with Crippen molar-refractivity contribution in [2.45, 2.75) is 37.8 Å². The standard InChI is InChI=1S/C12H19NO4/c1-16-11(14)8-7-10(12(15)17-2)13-6-4-3-5-9(8)13/h8-10H,3-7H2,1-2H3/t8-,9-,10-/m0/s1. The van der Waals surface area contributed by atoms with Gasteiger partial charge in [0, 0.05) is 6.04 Å². The van der Waals surface area contributed by atoms with E-state index >= 15 is 0 Å². The normalized spacial score (nSPS) is 32.9. The van der Waals surface area contributed by atoms with Gasteiger partial charge in [0.2, 0.25) is 0 Å². The predicted octanol–water partition coefficient (Wildman–Crippen LogP) is 0.575. The van der Waals surface area contributed by atoms with Crippen LogP contribution in [0.2, 0.25) is 0 Å². The van der Waals surface area contributed by atoms with Gasteiger partial charge in [-0.1, -0.05) is 6.42 Å². The first-order valence-electron chi connectivity index (χ1n) is 6.10. The molecule has 0 aromatic carbocycles. The van der Waals surface area contributed by atoms with Crippen LogP contribution < -0.4 is 0 Å². The lowest BCUT2D eigenvalue weighted by atomic mass is 9.93. The van der Waals surface area contributed by atoms with E-state index in [9.17, 15) is 9.59 Å². The summed E-state index contributed by atoms with van der Waals surface area (Å²) in [6.07, 6.45) is 3.69. The smallest absolute Gasteiger partial charge is 0.323 e. The molecule has 2 rings (SSSR count). The molecule has 0 radical (unpaired) electrons. The number of fused-ring (bicyclic) bond motifs is 1. The Balaban J connectivity index is 2.16. The zero-order valence-corrected chi connectivity index (χ0v) is 10.3. The molecule has 5 nitrogen and oxygen atoms in total. The molecule has 5 heteroatoms. The Hall–Kier alpha value is -1.10. The van der Waals surface area contributed by atoms with Crippen LogP contribution in [0.1, 0.15) is 25.7 Å². The number of carbonyl (C=O) groups is 2. The van der Waals surface area contributed by atoms with Crippen LogP contribution >= 0.6 is 0 Å². The molecule has 0 amide bonds. The van der Waals surface area contributed by atoms with Crippen LogP contribution in [-0.4, -0.2) is 49.7 Å². The highest BCUT2D eigenvalue weighted by molar-refractivity contribution is 5.80. The zero-order valence-electron chi connectivity index (χ0n) is 10.3. The number of hydrogen-bond donors (Lipinski definition) is 0. The van der Waals surface area contributed by atoms with Crippen LogP contribution in [-0.2, 0) is 19.1 Å². The van der Waals surface area contributed by atoms with Gasteiger partial charge < -0.3 is 9.47 Å². The van der Waals surface area contributed by atoms with Gasteiger partial charge in [-0.25, -0.2) is 0 Å². The van der Waals surface area contributed by atoms with E-state index in [1.165, 1.54) is 14.2 Å². The maximum absolute atomic E-state index is 11.7. The Labute approximate surface area is 101 Å². The first-order valence-corrected chi connectivity index (χ1v) is 6.10. The zero-order chi connectivity index (χ0) is 12.4. The van der Waals surface area contributed by atoms with Crippen molar-refractivity contribution < 1.29 is 19.1 Å². The average Bonchev–Trinajstić information content (AvgIpc) is 2.76. The lowest BCUT2D eigenvalue weighted by Gasteiger charge is -2.33. The van der Waals surface area contributed by atoms with Crippen LogP contribution in [0.25, 0.3) is 0 Å². The summed E-state index contributed by atoms with van der Waals surface area (Å²) in [4.78, 5) is 25.6. The van der Waals surface area contributed by atoms with Gasteiger partial charge in [0.1, 0.15) is 6.04 Å². The Morgan fingerprint density at radius 1 is 1.12 bits per heavy atom. The first-order chi connectivity index (χ1) is 8.19. The minimum Gasteiger partial charge on any atom is -0.469 e. The third-order valence-corrected chi connectivity index (χ3v) is 3.91. The third-order valence-electron chi connectivity index (χ3n) is 3.91. The Bertz CT molecular complexity index is 288. The molecule has 0 bridgehead atoms. The molecule has 0 unspecified atom stereocenters. The molecule has 2 saturated heterocycles. The second kappa shape index (κ2) is 5.04. The summed E-state index contributed by atoms with van der Waals surface area (Å²) < 4.78 is 9.64. The van der Waals surface area contributed by atoms with E-state index in [2.05, 4.69) is 4.90 Å². The van der Waals surface area contributed by atoms with E-state index in [0.29, 0.717) is 6.42 Å². The highest BCUT2D eigenvalue weighted by atomic mass is 16.5. The summed E-state index contributed by atoms with van der Waals surface area (Å²) in [5, 5.41) is 0. The minimum atomic E-state index is -0.269. The number of nitrogens with zero attached hydrogens (tertiary/aromatic N) is 1. The number of methoxy groups -OCH3 is 2. The van der Waals surface area contributed by atoms with Crippen molar-refractivity contribution in [3.63, 3.8) is 0 Å². The first kappa shape index (κ1) is 12.4. The van der Waals surface area contributed by atoms with Gasteiger partial charge in [-0.2, -0.15) is 0 Å². The summed E-state index contributed by atoms with van der Waals surface area (Å²) >= 11 is 0. The number of piperidine rings is 1. The number of ether oxygens (including phenoxy) is 2. The molecule has 2 aliphatic rings. The molecule has 2 fully saturated rings. The van der Waals surface area contributed by atoms with Crippen molar-refractivity contribution >= 4 is 11.9 Å². The number of carbonyl (C=O) groups excluding carboxylic acids is 2. The molecular formula is C12H19NO4. The van der Waals surface area contributed by atoms with Crippen LogP contribution in [0.3, 0.4) is 0 Å². The Morgan fingerprint density at radius 3 is 2.47 bits per heavy atom. The van der Waals surface area contributed by atoms with Crippen molar-refractivity contribution in [2.75, 3.05) is 20.8 Å². The lowest BCUT2D eigenvalue weighted by Crippen LogP contribution is -2.45. The topological polar surface area (TPSA) is 55.8 Å². The summed E-state index contributed by atoms with van der Waals surface area (Å²) in [6, 6.07) is -0.116. The molecule has 0 aliphatic carbocycles. The van der Waals surface area contributed by atoms with Crippen LogP contribution in [0, 0.1) is 5.92 Å². The molecule has 0 aromatic rings.